The second kappa shape index (κ2) is 7.39. The van der Waals surface area contributed by atoms with E-state index < -0.39 is 0 Å². The van der Waals surface area contributed by atoms with E-state index in [0.717, 1.165) is 12.0 Å². The molecule has 0 N–H and O–H groups in total. The maximum atomic E-state index is 11.7. The first kappa shape index (κ1) is 14.1. The lowest BCUT2D eigenvalue weighted by Gasteiger charge is -2.09. The summed E-state index contributed by atoms with van der Waals surface area (Å²) < 4.78 is 10.3. The number of ketones is 1. The number of ether oxygens (including phenoxy) is 2. The number of carbonyl (C=O) groups excluding carboxylic acids is 1. The van der Waals surface area contributed by atoms with Gasteiger partial charge < -0.3 is 9.47 Å². The zero-order valence-corrected chi connectivity index (χ0v) is 10.9. The number of terminal acetylenes is 1. The van der Waals surface area contributed by atoms with Gasteiger partial charge in [0.1, 0.15) is 5.78 Å². The van der Waals surface area contributed by atoms with Crippen molar-refractivity contribution >= 4 is 5.78 Å². The third-order valence-electron chi connectivity index (χ3n) is 2.63. The maximum absolute atomic E-state index is 11.7. The summed E-state index contributed by atoms with van der Waals surface area (Å²) in [5.74, 6) is 4.04. The molecule has 18 heavy (non-hydrogen) atoms. The van der Waals surface area contributed by atoms with E-state index in [1.807, 2.05) is 18.2 Å². The fourth-order valence-corrected chi connectivity index (χ4v) is 1.69. The van der Waals surface area contributed by atoms with E-state index in [1.54, 1.807) is 14.2 Å². The van der Waals surface area contributed by atoms with Gasteiger partial charge in [0.05, 0.1) is 14.2 Å². The molecule has 0 unspecified atom stereocenters. The molecule has 0 bridgehead atoms. The van der Waals surface area contributed by atoms with Crippen LogP contribution in [0.5, 0.6) is 11.5 Å². The third-order valence-corrected chi connectivity index (χ3v) is 2.63. The molecule has 1 aromatic rings. The minimum Gasteiger partial charge on any atom is -0.493 e. The van der Waals surface area contributed by atoms with Crippen molar-refractivity contribution in [2.75, 3.05) is 14.2 Å². The highest BCUT2D eigenvalue weighted by atomic mass is 16.5. The standard InChI is InChI=1S/C15H18O3/c1-4-5-6-7-13(16)10-12-8-9-14(17-2)15(11-12)18-3/h1,8-9,11H,5-7,10H2,2-3H3. The summed E-state index contributed by atoms with van der Waals surface area (Å²) in [5, 5.41) is 0. The Morgan fingerprint density at radius 1 is 1.28 bits per heavy atom. The molecule has 1 aromatic carbocycles. The molecule has 0 amide bonds. The van der Waals surface area contributed by atoms with Crippen molar-refractivity contribution in [3.8, 4) is 23.8 Å². The quantitative estimate of drug-likeness (QED) is 0.548. The minimum absolute atomic E-state index is 0.192. The Kier molecular flexibility index (Phi) is 5.79. The van der Waals surface area contributed by atoms with E-state index in [-0.39, 0.29) is 5.78 Å². The van der Waals surface area contributed by atoms with E-state index in [0.29, 0.717) is 30.8 Å². The first-order valence-electron chi connectivity index (χ1n) is 5.87. The fraction of sp³-hybridized carbons (Fsp3) is 0.400. The van der Waals surface area contributed by atoms with Crippen LogP contribution in [-0.4, -0.2) is 20.0 Å². The highest BCUT2D eigenvalue weighted by Crippen LogP contribution is 2.27. The average molecular weight is 246 g/mol. The van der Waals surface area contributed by atoms with Crippen LogP contribution in [0.1, 0.15) is 24.8 Å². The summed E-state index contributed by atoms with van der Waals surface area (Å²) >= 11 is 0. The van der Waals surface area contributed by atoms with Crippen molar-refractivity contribution in [3.63, 3.8) is 0 Å². The molecule has 1 rings (SSSR count). The van der Waals surface area contributed by atoms with Crippen molar-refractivity contribution in [3.05, 3.63) is 23.8 Å². The Bertz CT molecular complexity index is 444. The lowest BCUT2D eigenvalue weighted by molar-refractivity contribution is -0.118. The van der Waals surface area contributed by atoms with Crippen molar-refractivity contribution in [1.29, 1.82) is 0 Å². The van der Waals surface area contributed by atoms with Crippen LogP contribution < -0.4 is 9.47 Å². The van der Waals surface area contributed by atoms with E-state index in [9.17, 15) is 4.79 Å². The summed E-state index contributed by atoms with van der Waals surface area (Å²) in [6.07, 6.45) is 7.48. The second-order valence-electron chi connectivity index (χ2n) is 3.96. The summed E-state index contributed by atoms with van der Waals surface area (Å²) in [6.45, 7) is 0. The van der Waals surface area contributed by atoms with Crippen LogP contribution in [0.15, 0.2) is 18.2 Å². The highest BCUT2D eigenvalue weighted by molar-refractivity contribution is 5.81. The van der Waals surface area contributed by atoms with Crippen molar-refractivity contribution < 1.29 is 14.3 Å². The maximum Gasteiger partial charge on any atom is 0.161 e. The summed E-state index contributed by atoms with van der Waals surface area (Å²) in [7, 11) is 3.17. The molecule has 0 aliphatic rings. The predicted molar refractivity (Wildman–Crippen MR) is 70.9 cm³/mol. The Labute approximate surface area is 108 Å². The van der Waals surface area contributed by atoms with Gasteiger partial charge in [-0.15, -0.1) is 12.3 Å². The molecule has 0 saturated carbocycles. The lowest BCUT2D eigenvalue weighted by Crippen LogP contribution is -2.03. The monoisotopic (exact) mass is 246 g/mol. The number of rotatable bonds is 7. The molecule has 0 spiro atoms. The number of methoxy groups -OCH3 is 2. The number of unbranched alkanes of at least 4 members (excludes halogenated alkanes) is 1. The summed E-state index contributed by atoms with van der Waals surface area (Å²) in [5.41, 5.74) is 0.929. The molecule has 0 radical (unpaired) electrons. The number of carbonyl (C=O) groups is 1. The normalized spacial score (nSPS) is 9.61. The second-order valence-corrected chi connectivity index (χ2v) is 3.96. The summed E-state index contributed by atoms with van der Waals surface area (Å²) in [4.78, 5) is 11.7. The van der Waals surface area contributed by atoms with Gasteiger partial charge in [-0.25, -0.2) is 0 Å². The molecule has 0 aromatic heterocycles. The van der Waals surface area contributed by atoms with Gasteiger partial charge >= 0.3 is 0 Å². The van der Waals surface area contributed by atoms with Crippen molar-refractivity contribution in [1.82, 2.24) is 0 Å². The summed E-state index contributed by atoms with van der Waals surface area (Å²) in [6, 6.07) is 5.52. The molecular weight excluding hydrogens is 228 g/mol. The first-order valence-corrected chi connectivity index (χ1v) is 5.87. The van der Waals surface area contributed by atoms with E-state index in [2.05, 4.69) is 5.92 Å². The fourth-order valence-electron chi connectivity index (χ4n) is 1.69. The topological polar surface area (TPSA) is 35.5 Å². The smallest absolute Gasteiger partial charge is 0.161 e. The predicted octanol–water partition coefficient (Wildman–Crippen LogP) is 2.62. The van der Waals surface area contributed by atoms with Gasteiger partial charge in [-0.3, -0.25) is 4.79 Å². The van der Waals surface area contributed by atoms with Crippen molar-refractivity contribution in [2.24, 2.45) is 0 Å². The van der Waals surface area contributed by atoms with Gasteiger partial charge in [0.15, 0.2) is 11.5 Å². The van der Waals surface area contributed by atoms with Crippen LogP contribution in [0, 0.1) is 12.3 Å². The molecule has 3 nitrogen and oxygen atoms in total. The molecule has 96 valence electrons. The molecule has 0 aliphatic carbocycles. The van der Waals surface area contributed by atoms with E-state index >= 15 is 0 Å². The number of hydrogen-bond acceptors (Lipinski definition) is 3. The van der Waals surface area contributed by atoms with Crippen molar-refractivity contribution in [2.45, 2.75) is 25.7 Å². The largest absolute Gasteiger partial charge is 0.493 e. The van der Waals surface area contributed by atoms with Gasteiger partial charge in [0.2, 0.25) is 0 Å². The molecule has 0 atom stereocenters. The molecule has 0 heterocycles. The van der Waals surface area contributed by atoms with Crippen LogP contribution >= 0.6 is 0 Å². The molecule has 3 heteroatoms. The van der Waals surface area contributed by atoms with Gasteiger partial charge in [-0.05, 0) is 24.1 Å². The van der Waals surface area contributed by atoms with E-state index in [1.165, 1.54) is 0 Å². The van der Waals surface area contributed by atoms with Gasteiger partial charge in [0, 0.05) is 19.3 Å². The van der Waals surface area contributed by atoms with Crippen LogP contribution in [-0.2, 0) is 11.2 Å². The average Bonchev–Trinajstić information content (AvgIpc) is 2.39. The molecular formula is C15H18O3. The Morgan fingerprint density at radius 2 is 2.00 bits per heavy atom. The van der Waals surface area contributed by atoms with Crippen LogP contribution in [0.25, 0.3) is 0 Å². The Balaban J connectivity index is 2.62. The first-order chi connectivity index (χ1) is 8.71. The lowest BCUT2D eigenvalue weighted by atomic mass is 10.0. The number of benzene rings is 1. The zero-order valence-electron chi connectivity index (χ0n) is 10.9. The van der Waals surface area contributed by atoms with Gasteiger partial charge in [-0.2, -0.15) is 0 Å². The number of Topliss-reactive ketones (excluding diaryl/α,β-unsaturated/α-hetero) is 1. The van der Waals surface area contributed by atoms with Gasteiger partial charge in [0.25, 0.3) is 0 Å². The molecule has 0 aliphatic heterocycles. The zero-order chi connectivity index (χ0) is 13.4. The highest BCUT2D eigenvalue weighted by Gasteiger charge is 2.08. The minimum atomic E-state index is 0.192. The van der Waals surface area contributed by atoms with Crippen LogP contribution in [0.2, 0.25) is 0 Å². The Hall–Kier alpha value is -1.95. The van der Waals surface area contributed by atoms with Gasteiger partial charge in [-0.1, -0.05) is 6.07 Å². The van der Waals surface area contributed by atoms with Crippen LogP contribution in [0.4, 0.5) is 0 Å². The Morgan fingerprint density at radius 3 is 2.61 bits per heavy atom. The SMILES string of the molecule is C#CCCCC(=O)Cc1ccc(OC)c(OC)c1. The van der Waals surface area contributed by atoms with E-state index in [4.69, 9.17) is 15.9 Å². The number of hydrogen-bond donors (Lipinski definition) is 0. The molecule has 0 fully saturated rings. The third kappa shape index (κ3) is 4.14. The molecule has 0 saturated heterocycles. The van der Waals surface area contributed by atoms with Crippen LogP contribution in [0.3, 0.4) is 0 Å².